The van der Waals surface area contributed by atoms with E-state index in [4.69, 9.17) is 10.8 Å². The molecule has 1 aromatic rings. The lowest BCUT2D eigenvalue weighted by Gasteiger charge is -1.93. The lowest BCUT2D eigenvalue weighted by molar-refractivity contribution is -0.130. The van der Waals surface area contributed by atoms with Crippen LogP contribution >= 0.6 is 11.3 Å². The highest BCUT2D eigenvalue weighted by atomic mass is 32.1. The summed E-state index contributed by atoms with van der Waals surface area (Å²) in [6, 6.07) is 0. The molecule has 7 nitrogen and oxygen atoms in total. The largest absolute Gasteiger partial charge is 0.476 e. The number of hydrogen-bond donors (Lipinski definition) is 2. The number of carboxylic acids is 1. The summed E-state index contributed by atoms with van der Waals surface area (Å²) >= 11 is 1.06. The van der Waals surface area contributed by atoms with Crippen LogP contribution in [0.1, 0.15) is 5.69 Å². The summed E-state index contributed by atoms with van der Waals surface area (Å²) in [7, 11) is 0. The fraction of sp³-hybridized carbons (Fsp3) is 0. The molecule has 0 aliphatic carbocycles. The lowest BCUT2D eigenvalue weighted by Crippen LogP contribution is -2.15. The molecule has 0 aromatic carbocycles. The van der Waals surface area contributed by atoms with Crippen LogP contribution in [0.5, 0.6) is 0 Å². The second-order valence-corrected chi connectivity index (χ2v) is 2.91. The number of thiazole rings is 1. The van der Waals surface area contributed by atoms with Gasteiger partial charge in [-0.15, -0.1) is 11.3 Å². The van der Waals surface area contributed by atoms with Crippen LogP contribution in [0.15, 0.2) is 10.5 Å². The van der Waals surface area contributed by atoms with E-state index in [2.05, 4.69) is 15.0 Å². The van der Waals surface area contributed by atoms with E-state index in [9.17, 15) is 9.59 Å². The minimum Gasteiger partial charge on any atom is -0.476 e. The Kier molecular flexibility index (Phi) is 3.13. The molecule has 0 saturated carbocycles. The van der Waals surface area contributed by atoms with Crippen LogP contribution in [0.3, 0.4) is 0 Å². The van der Waals surface area contributed by atoms with Crippen LogP contribution in [-0.4, -0.2) is 28.2 Å². The molecule has 0 bridgehead atoms. The fourth-order valence-electron chi connectivity index (χ4n) is 0.666. The number of carboxylic acid groups (broad SMARTS) is 1. The highest BCUT2D eigenvalue weighted by Crippen LogP contribution is 2.12. The Bertz CT molecular complexity index is 386. The number of aliphatic carboxylic acids is 1. The maximum Gasteiger partial charge on any atom is 0.360 e. The van der Waals surface area contributed by atoms with Crippen molar-refractivity contribution in [2.45, 2.75) is 0 Å². The van der Waals surface area contributed by atoms with Crippen molar-refractivity contribution in [1.29, 1.82) is 0 Å². The van der Waals surface area contributed by atoms with Crippen LogP contribution in [0.2, 0.25) is 0 Å². The molecule has 0 atom stereocenters. The van der Waals surface area contributed by atoms with E-state index in [1.807, 2.05) is 0 Å². The number of rotatable bonds is 4. The number of nitrogens with two attached hydrogens (primary N) is 1. The van der Waals surface area contributed by atoms with Gasteiger partial charge in [0.15, 0.2) is 5.13 Å². The lowest BCUT2D eigenvalue weighted by atomic mass is 10.3. The van der Waals surface area contributed by atoms with Gasteiger partial charge in [-0.3, -0.25) is 4.79 Å². The van der Waals surface area contributed by atoms with Crippen molar-refractivity contribution in [2.75, 3.05) is 5.73 Å². The maximum atomic E-state index is 10.6. The first kappa shape index (κ1) is 10.1. The van der Waals surface area contributed by atoms with Crippen molar-refractivity contribution in [3.63, 3.8) is 0 Å². The third-order valence-electron chi connectivity index (χ3n) is 1.15. The molecular weight excluding hydrogens is 210 g/mol. The Balaban J connectivity index is 3.00. The van der Waals surface area contributed by atoms with Gasteiger partial charge in [0.25, 0.3) is 0 Å². The minimum absolute atomic E-state index is 0.0126. The molecule has 0 fully saturated rings. The summed E-state index contributed by atoms with van der Waals surface area (Å²) in [6.45, 7) is 0.0126. The van der Waals surface area contributed by atoms with E-state index in [0.717, 1.165) is 11.3 Å². The smallest absolute Gasteiger partial charge is 0.360 e. The average molecular weight is 215 g/mol. The Morgan fingerprint density at radius 3 is 2.93 bits per heavy atom. The van der Waals surface area contributed by atoms with Gasteiger partial charge in [-0.25, -0.2) is 9.78 Å². The molecule has 14 heavy (non-hydrogen) atoms. The molecule has 0 radical (unpaired) electrons. The van der Waals surface area contributed by atoms with Gasteiger partial charge < -0.3 is 15.7 Å². The third kappa shape index (κ3) is 2.26. The van der Waals surface area contributed by atoms with E-state index in [-0.39, 0.29) is 17.3 Å². The Labute approximate surface area is 81.8 Å². The zero-order valence-corrected chi connectivity index (χ0v) is 7.52. The number of anilines is 1. The first-order valence-electron chi connectivity index (χ1n) is 3.27. The van der Waals surface area contributed by atoms with Crippen LogP contribution < -0.4 is 5.73 Å². The molecular formula is C6H5N3O4S. The second-order valence-electron chi connectivity index (χ2n) is 2.02. The van der Waals surface area contributed by atoms with Gasteiger partial charge in [0.05, 0.1) is 0 Å². The van der Waals surface area contributed by atoms with Crippen molar-refractivity contribution < 1.29 is 19.5 Å². The minimum atomic E-state index is -1.35. The van der Waals surface area contributed by atoms with Crippen LogP contribution in [0.25, 0.3) is 0 Å². The number of aromatic nitrogens is 1. The van der Waals surface area contributed by atoms with Gasteiger partial charge in [0.2, 0.25) is 5.71 Å². The molecule has 3 N–H and O–H groups in total. The highest BCUT2D eigenvalue weighted by molar-refractivity contribution is 7.13. The van der Waals surface area contributed by atoms with E-state index < -0.39 is 11.7 Å². The van der Waals surface area contributed by atoms with Crippen molar-refractivity contribution in [3.8, 4) is 0 Å². The quantitative estimate of drug-likeness (QED) is 0.308. The van der Waals surface area contributed by atoms with Crippen molar-refractivity contribution >= 4 is 34.6 Å². The molecule has 74 valence electrons. The van der Waals surface area contributed by atoms with E-state index in [0.29, 0.717) is 0 Å². The second kappa shape index (κ2) is 4.33. The molecule has 8 heteroatoms. The van der Waals surface area contributed by atoms with Crippen LogP contribution in [0, 0.1) is 0 Å². The van der Waals surface area contributed by atoms with Gasteiger partial charge in [-0.05, 0) is 0 Å². The normalized spacial score (nSPS) is 11.0. The van der Waals surface area contributed by atoms with Gasteiger partial charge >= 0.3 is 12.4 Å². The Morgan fingerprint density at radius 1 is 1.79 bits per heavy atom. The van der Waals surface area contributed by atoms with E-state index >= 15 is 0 Å². The summed E-state index contributed by atoms with van der Waals surface area (Å²) in [5, 5.41) is 13.3. The molecule has 1 aromatic heterocycles. The predicted octanol–water partition coefficient (Wildman–Crippen LogP) is -0.313. The first-order chi connectivity index (χ1) is 6.65. The Morgan fingerprint density at radius 2 is 2.50 bits per heavy atom. The molecule has 1 heterocycles. The Hall–Kier alpha value is -1.96. The summed E-state index contributed by atoms with van der Waals surface area (Å²) in [5.74, 6) is -1.35. The van der Waals surface area contributed by atoms with Gasteiger partial charge in [0, 0.05) is 5.38 Å². The number of hydrogen-bond acceptors (Lipinski definition) is 7. The van der Waals surface area contributed by atoms with Gasteiger partial charge in [0.1, 0.15) is 5.69 Å². The molecule has 1 rings (SSSR count). The first-order valence-corrected chi connectivity index (χ1v) is 4.15. The summed E-state index contributed by atoms with van der Waals surface area (Å²) < 4.78 is 0. The predicted molar refractivity (Wildman–Crippen MR) is 47.8 cm³/mol. The molecule has 0 spiro atoms. The third-order valence-corrected chi connectivity index (χ3v) is 1.83. The van der Waals surface area contributed by atoms with Gasteiger partial charge in [-0.1, -0.05) is 5.16 Å². The molecule has 0 saturated heterocycles. The molecule has 0 unspecified atom stereocenters. The topological polar surface area (TPSA) is 115 Å². The number of nitrogen functional groups attached to an aromatic ring is 1. The van der Waals surface area contributed by atoms with E-state index in [1.165, 1.54) is 5.38 Å². The molecule has 0 aliphatic heterocycles. The monoisotopic (exact) mass is 215 g/mol. The SMILES string of the molecule is Nc1nc(C(=NOC=O)C(=O)O)cs1. The summed E-state index contributed by atoms with van der Waals surface area (Å²) in [6.07, 6.45) is 0. The number of carbonyl (C=O) groups is 2. The number of oxime groups is 1. The zero-order valence-electron chi connectivity index (χ0n) is 6.71. The van der Waals surface area contributed by atoms with Crippen molar-refractivity contribution in [2.24, 2.45) is 5.16 Å². The number of carbonyl (C=O) groups excluding carboxylic acids is 1. The van der Waals surface area contributed by atoms with Crippen LogP contribution in [-0.2, 0) is 14.4 Å². The summed E-state index contributed by atoms with van der Waals surface area (Å²) in [4.78, 5) is 28.1. The highest BCUT2D eigenvalue weighted by Gasteiger charge is 2.16. The maximum absolute atomic E-state index is 10.6. The fourth-order valence-corrected chi connectivity index (χ4v) is 1.21. The number of nitrogens with zero attached hydrogens (tertiary/aromatic N) is 2. The average Bonchev–Trinajstić information content (AvgIpc) is 2.52. The molecule has 0 amide bonds. The summed E-state index contributed by atoms with van der Waals surface area (Å²) in [5.41, 5.74) is 4.88. The zero-order chi connectivity index (χ0) is 10.6. The van der Waals surface area contributed by atoms with Crippen molar-refractivity contribution in [1.82, 2.24) is 4.98 Å². The van der Waals surface area contributed by atoms with Crippen LogP contribution in [0.4, 0.5) is 5.13 Å². The van der Waals surface area contributed by atoms with E-state index in [1.54, 1.807) is 0 Å². The van der Waals surface area contributed by atoms with Gasteiger partial charge in [-0.2, -0.15) is 0 Å². The standard InChI is InChI=1S/C6H5N3O4S/c7-6-8-3(1-14-6)4(5(11)12)9-13-2-10/h1-2H,(H2,7,8)(H,11,12). The molecule has 0 aliphatic rings. The van der Waals surface area contributed by atoms with Crippen molar-refractivity contribution in [3.05, 3.63) is 11.1 Å².